The van der Waals surface area contributed by atoms with Gasteiger partial charge in [0.2, 0.25) is 5.88 Å². The number of hydrogen-bond acceptors (Lipinski definition) is 4. The van der Waals surface area contributed by atoms with Crippen LogP contribution in [0.25, 0.3) is 0 Å². The number of carbonyl (C=O) groups is 1. The van der Waals surface area contributed by atoms with Crippen LogP contribution in [0.5, 0.6) is 5.88 Å². The number of aromatic nitrogens is 2. The molecule has 0 aliphatic heterocycles. The molecule has 2 aromatic rings. The summed E-state index contributed by atoms with van der Waals surface area (Å²) < 4.78 is 32.9. The first-order valence-electron chi connectivity index (χ1n) is 6.91. The fourth-order valence-electron chi connectivity index (χ4n) is 1.94. The molecule has 0 aliphatic rings. The van der Waals surface area contributed by atoms with Gasteiger partial charge in [-0.2, -0.15) is 0 Å². The second kappa shape index (κ2) is 7.49. The quantitative estimate of drug-likeness (QED) is 0.817. The van der Waals surface area contributed by atoms with E-state index in [9.17, 15) is 18.4 Å². The monoisotopic (exact) mass is 336 g/mol. The Morgan fingerprint density at radius 2 is 2.12 bits per heavy atom. The maximum absolute atomic E-state index is 13.5. The van der Waals surface area contributed by atoms with Crippen LogP contribution < -0.4 is 10.3 Å². The molecule has 1 N–H and O–H groups in total. The Balaban J connectivity index is 2.12. The predicted octanol–water partition coefficient (Wildman–Crippen LogP) is 2.05. The Hall–Kier alpha value is -3.03. The second-order valence-electron chi connectivity index (χ2n) is 4.86. The molecule has 0 spiro atoms. The fourth-order valence-corrected chi connectivity index (χ4v) is 1.94. The first-order chi connectivity index (χ1) is 11.4. The molecule has 0 saturated carbocycles. The van der Waals surface area contributed by atoms with Crippen LogP contribution in [-0.2, 0) is 17.9 Å². The summed E-state index contributed by atoms with van der Waals surface area (Å²) in [5, 5.41) is 8.53. The van der Waals surface area contributed by atoms with Crippen LogP contribution in [0.1, 0.15) is 11.4 Å². The summed E-state index contributed by atoms with van der Waals surface area (Å²) in [6.07, 6.45) is 2.24. The first kappa shape index (κ1) is 17.3. The van der Waals surface area contributed by atoms with Crippen LogP contribution in [0.2, 0.25) is 0 Å². The molecule has 0 radical (unpaired) electrons. The number of allylic oxidation sites excluding steroid dienone is 1. The Morgan fingerprint density at radius 1 is 1.38 bits per heavy atom. The molecule has 2 rings (SSSR count). The Labute approximate surface area is 135 Å². The molecular weight excluding hydrogens is 322 g/mol. The highest BCUT2D eigenvalue weighted by molar-refractivity contribution is 5.79. The lowest BCUT2D eigenvalue weighted by Crippen LogP contribution is -2.23. The Morgan fingerprint density at radius 3 is 2.75 bits per heavy atom. The van der Waals surface area contributed by atoms with Crippen molar-refractivity contribution in [2.24, 2.45) is 0 Å². The average molecular weight is 336 g/mol. The van der Waals surface area contributed by atoms with E-state index in [-0.39, 0.29) is 24.6 Å². The molecule has 1 aromatic heterocycles. The molecule has 0 amide bonds. The van der Waals surface area contributed by atoms with Crippen LogP contribution in [0.3, 0.4) is 0 Å². The molecule has 1 heterocycles. The van der Waals surface area contributed by atoms with Crippen molar-refractivity contribution in [2.45, 2.75) is 20.1 Å². The summed E-state index contributed by atoms with van der Waals surface area (Å²) in [4.78, 5) is 26.5. The van der Waals surface area contributed by atoms with Crippen LogP contribution in [0.4, 0.5) is 8.78 Å². The number of carboxylic acids is 1. The summed E-state index contributed by atoms with van der Waals surface area (Å²) in [6.45, 7) is 1.40. The zero-order chi connectivity index (χ0) is 17.7. The van der Waals surface area contributed by atoms with E-state index in [0.29, 0.717) is 5.82 Å². The normalized spacial score (nSPS) is 11.0. The maximum Gasteiger partial charge on any atom is 0.328 e. The number of nitrogens with zero attached hydrogens (tertiary/aromatic N) is 2. The van der Waals surface area contributed by atoms with Gasteiger partial charge in [-0.05, 0) is 19.1 Å². The van der Waals surface area contributed by atoms with Crippen molar-refractivity contribution in [1.82, 2.24) is 9.55 Å². The summed E-state index contributed by atoms with van der Waals surface area (Å²) in [5.74, 6) is -2.25. The van der Waals surface area contributed by atoms with E-state index in [0.717, 1.165) is 24.3 Å². The third kappa shape index (κ3) is 4.48. The van der Waals surface area contributed by atoms with Gasteiger partial charge in [0.1, 0.15) is 24.1 Å². The van der Waals surface area contributed by atoms with E-state index in [4.69, 9.17) is 9.84 Å². The summed E-state index contributed by atoms with van der Waals surface area (Å²) in [5.41, 5.74) is -0.309. The summed E-state index contributed by atoms with van der Waals surface area (Å²) in [7, 11) is 0. The smallest absolute Gasteiger partial charge is 0.328 e. The number of aryl methyl sites for hydroxylation is 1. The van der Waals surface area contributed by atoms with E-state index >= 15 is 0 Å². The third-order valence-corrected chi connectivity index (χ3v) is 3.11. The van der Waals surface area contributed by atoms with Gasteiger partial charge in [0, 0.05) is 24.3 Å². The van der Waals surface area contributed by atoms with Crippen molar-refractivity contribution in [1.29, 1.82) is 0 Å². The molecule has 0 bridgehead atoms. The summed E-state index contributed by atoms with van der Waals surface area (Å²) >= 11 is 0. The Bertz CT molecular complexity index is 846. The van der Waals surface area contributed by atoms with Gasteiger partial charge in [-0.1, -0.05) is 6.08 Å². The molecule has 0 saturated heterocycles. The highest BCUT2D eigenvalue weighted by Crippen LogP contribution is 2.13. The van der Waals surface area contributed by atoms with Gasteiger partial charge in [-0.3, -0.25) is 9.36 Å². The number of benzene rings is 1. The van der Waals surface area contributed by atoms with Gasteiger partial charge >= 0.3 is 5.97 Å². The highest BCUT2D eigenvalue weighted by atomic mass is 19.1. The molecule has 0 aliphatic carbocycles. The second-order valence-corrected chi connectivity index (χ2v) is 4.86. The van der Waals surface area contributed by atoms with Crippen molar-refractivity contribution >= 4 is 5.97 Å². The van der Waals surface area contributed by atoms with Crippen molar-refractivity contribution in [3.63, 3.8) is 0 Å². The SMILES string of the molecule is Cc1nc(OCc2ccc(F)cc2F)cc(=O)n1CC=CC(=O)O. The number of ether oxygens (including phenoxy) is 1. The molecule has 6 nitrogen and oxygen atoms in total. The van der Waals surface area contributed by atoms with Gasteiger partial charge < -0.3 is 9.84 Å². The lowest BCUT2D eigenvalue weighted by Gasteiger charge is -2.10. The number of rotatable bonds is 6. The zero-order valence-corrected chi connectivity index (χ0v) is 12.7. The number of hydrogen-bond donors (Lipinski definition) is 1. The van der Waals surface area contributed by atoms with Crippen LogP contribution >= 0.6 is 0 Å². The summed E-state index contributed by atoms with van der Waals surface area (Å²) in [6, 6.07) is 4.20. The number of halogens is 2. The lowest BCUT2D eigenvalue weighted by atomic mass is 10.2. The maximum atomic E-state index is 13.5. The van der Waals surface area contributed by atoms with Crippen LogP contribution in [0.15, 0.2) is 41.2 Å². The van der Waals surface area contributed by atoms with Gasteiger partial charge in [0.15, 0.2) is 0 Å². The molecule has 0 fully saturated rings. The zero-order valence-electron chi connectivity index (χ0n) is 12.7. The minimum atomic E-state index is -1.12. The number of carboxylic acid groups (broad SMARTS) is 1. The van der Waals surface area contributed by atoms with Crippen molar-refractivity contribution in [2.75, 3.05) is 0 Å². The van der Waals surface area contributed by atoms with Gasteiger partial charge in [-0.15, -0.1) is 0 Å². The standard InChI is InChI=1S/C16H14F2N2O4/c1-10-19-14(8-15(21)20(10)6-2-3-16(22)23)24-9-11-4-5-12(17)7-13(11)18/h2-5,7-8H,6,9H2,1H3,(H,22,23). The minimum absolute atomic E-state index is 0.000288. The highest BCUT2D eigenvalue weighted by Gasteiger charge is 2.08. The van der Waals surface area contributed by atoms with E-state index in [1.54, 1.807) is 6.92 Å². The van der Waals surface area contributed by atoms with E-state index < -0.39 is 23.2 Å². The first-order valence-corrected chi connectivity index (χ1v) is 6.91. The van der Waals surface area contributed by atoms with Crippen molar-refractivity contribution in [3.8, 4) is 5.88 Å². The van der Waals surface area contributed by atoms with Gasteiger partial charge in [0.25, 0.3) is 5.56 Å². The minimum Gasteiger partial charge on any atom is -0.478 e. The Kier molecular flexibility index (Phi) is 5.41. The number of aliphatic carboxylic acids is 1. The van der Waals surface area contributed by atoms with Gasteiger partial charge in [0.05, 0.1) is 6.07 Å². The molecule has 24 heavy (non-hydrogen) atoms. The van der Waals surface area contributed by atoms with Crippen molar-refractivity contribution < 1.29 is 23.4 Å². The predicted molar refractivity (Wildman–Crippen MR) is 80.7 cm³/mol. The van der Waals surface area contributed by atoms with Gasteiger partial charge in [-0.25, -0.2) is 18.6 Å². The largest absolute Gasteiger partial charge is 0.478 e. The molecule has 126 valence electrons. The van der Waals surface area contributed by atoms with E-state index in [2.05, 4.69) is 4.98 Å². The molecule has 0 atom stereocenters. The molecule has 0 unspecified atom stereocenters. The average Bonchev–Trinajstić information content (AvgIpc) is 2.49. The topological polar surface area (TPSA) is 81.4 Å². The molecular formula is C16H14F2N2O4. The molecule has 1 aromatic carbocycles. The van der Waals surface area contributed by atoms with Crippen LogP contribution in [-0.4, -0.2) is 20.6 Å². The van der Waals surface area contributed by atoms with Crippen LogP contribution in [0, 0.1) is 18.6 Å². The van der Waals surface area contributed by atoms with Crippen molar-refractivity contribution in [3.05, 3.63) is 69.8 Å². The van der Waals surface area contributed by atoms with E-state index in [1.165, 1.54) is 16.7 Å². The van der Waals surface area contributed by atoms with E-state index in [1.807, 2.05) is 0 Å². The lowest BCUT2D eigenvalue weighted by molar-refractivity contribution is -0.131. The third-order valence-electron chi connectivity index (χ3n) is 3.11. The molecule has 8 heteroatoms. The fraction of sp³-hybridized carbons (Fsp3) is 0.188.